The molecule has 3 heterocycles. The second kappa shape index (κ2) is 39.1. The van der Waals surface area contributed by atoms with Crippen molar-refractivity contribution in [2.75, 3.05) is 41.0 Å². The number of carbonyl (C=O) groups is 2. The first-order chi connectivity index (χ1) is 42.9. The highest BCUT2D eigenvalue weighted by atomic mass is 16.4. The number of carboxylic acid groups (broad SMARTS) is 1. The minimum atomic E-state index is -1.17. The van der Waals surface area contributed by atoms with Crippen molar-refractivity contribution in [3.63, 3.8) is 0 Å². The minimum Gasteiger partial charge on any atom is -0.476 e. The van der Waals surface area contributed by atoms with E-state index in [4.69, 9.17) is 0 Å². The Bertz CT molecular complexity index is 2590. The monoisotopic (exact) mass is 1180 g/mol. The lowest BCUT2D eigenvalue weighted by atomic mass is 9.75. The molecule has 1 N–H and O–H groups in total. The molecule has 1 unspecified atom stereocenters. The summed E-state index contributed by atoms with van der Waals surface area (Å²) in [5.41, 5.74) is 13.6. The average Bonchev–Trinajstić information content (AvgIpc) is 4.07. The Hall–Kier alpha value is -5.17. The first kappa shape index (κ1) is 67.8. The second-order valence-corrected chi connectivity index (χ2v) is 27.2. The number of carboxylic acids is 1. The number of hydrazone groups is 1. The van der Waals surface area contributed by atoms with Gasteiger partial charge in [0.1, 0.15) is 0 Å². The van der Waals surface area contributed by atoms with Gasteiger partial charge >= 0.3 is 5.97 Å². The number of fused-ring (bicyclic) bond motifs is 3. The molecule has 7 nitrogen and oxygen atoms in total. The Morgan fingerprint density at radius 1 is 0.506 bits per heavy atom. The lowest BCUT2D eigenvalue weighted by molar-refractivity contribution is -0.129. The zero-order valence-electron chi connectivity index (χ0n) is 55.2. The molecule has 1 atom stereocenters. The maximum Gasteiger partial charge on any atom is 0.357 e. The number of rotatable bonds is 43. The number of hydrogen-bond donors (Lipinski definition) is 1. The van der Waals surface area contributed by atoms with Gasteiger partial charge in [-0.15, -0.1) is 0 Å². The molecular weight excluding hydrogens is 1060 g/mol. The van der Waals surface area contributed by atoms with E-state index in [1.165, 1.54) is 299 Å². The van der Waals surface area contributed by atoms with Crippen molar-refractivity contribution >= 4 is 40.2 Å². The first-order valence-electron chi connectivity index (χ1n) is 36.8. The summed E-state index contributed by atoms with van der Waals surface area (Å²) in [6.07, 6.45) is 65.8. The van der Waals surface area contributed by atoms with Crippen molar-refractivity contribution in [3.05, 3.63) is 130 Å². The Labute approximate surface area is 530 Å². The minimum absolute atomic E-state index is 0.167. The molecule has 1 amide bonds. The number of hydrogen-bond acceptors (Lipinski definition) is 5. The summed E-state index contributed by atoms with van der Waals surface area (Å²) in [5.74, 6) is -1.16. The third-order valence-corrected chi connectivity index (χ3v) is 20.2. The lowest BCUT2D eigenvalue weighted by Crippen LogP contribution is -2.30. The van der Waals surface area contributed by atoms with Crippen LogP contribution in [0.4, 0.5) is 17.1 Å². The van der Waals surface area contributed by atoms with Crippen LogP contribution in [-0.2, 0) is 22.4 Å². The lowest BCUT2D eigenvalue weighted by Gasteiger charge is -2.33. The van der Waals surface area contributed by atoms with Gasteiger partial charge < -0.3 is 14.9 Å². The summed E-state index contributed by atoms with van der Waals surface area (Å²) < 4.78 is 0. The number of aryl methyl sites for hydroxylation is 2. The average molecular weight is 1180 g/mol. The predicted molar refractivity (Wildman–Crippen MR) is 373 cm³/mol. The van der Waals surface area contributed by atoms with Crippen molar-refractivity contribution in [2.24, 2.45) is 11.0 Å². The Morgan fingerprint density at radius 3 is 1.34 bits per heavy atom. The fraction of sp³-hybridized carbons (Fsp3) is 0.637. The van der Waals surface area contributed by atoms with Gasteiger partial charge in [0.05, 0.1) is 11.3 Å². The number of allylic oxidation sites excluding steroid dienone is 6. The molecule has 476 valence electrons. The molecule has 2 aliphatic carbocycles. The van der Waals surface area contributed by atoms with Crippen molar-refractivity contribution in [1.29, 1.82) is 0 Å². The van der Waals surface area contributed by atoms with Crippen LogP contribution in [0.3, 0.4) is 0 Å². The van der Waals surface area contributed by atoms with Gasteiger partial charge in [0.2, 0.25) is 0 Å². The highest BCUT2D eigenvalue weighted by molar-refractivity contribution is 6.53. The third kappa shape index (κ3) is 22.1. The maximum absolute atomic E-state index is 14.0. The number of benzene rings is 3. The molecule has 0 saturated carbocycles. The number of aliphatic carboxylic acids is 1. The summed E-state index contributed by atoms with van der Waals surface area (Å²) in [6, 6.07) is 23.9. The topological polar surface area (TPSA) is 76.5 Å². The van der Waals surface area contributed by atoms with E-state index in [1.807, 2.05) is 18.2 Å². The van der Waals surface area contributed by atoms with Crippen molar-refractivity contribution in [2.45, 2.75) is 296 Å². The first-order valence-corrected chi connectivity index (χ1v) is 36.8. The number of nitrogens with zero attached hydrogens (tertiary/aromatic N) is 4. The van der Waals surface area contributed by atoms with Gasteiger partial charge in [0.25, 0.3) is 5.91 Å². The summed E-state index contributed by atoms with van der Waals surface area (Å²) in [4.78, 5) is 32.1. The van der Waals surface area contributed by atoms with Crippen molar-refractivity contribution < 1.29 is 14.7 Å². The summed E-state index contributed by atoms with van der Waals surface area (Å²) in [6.45, 7) is 9.19. The third-order valence-electron chi connectivity index (χ3n) is 20.2. The zero-order valence-corrected chi connectivity index (χ0v) is 55.2. The molecule has 87 heavy (non-hydrogen) atoms. The number of unbranched alkanes of at least 4 members (excludes halogenated alkanes) is 34. The van der Waals surface area contributed by atoms with Crippen LogP contribution in [0.1, 0.15) is 306 Å². The number of amides is 1. The molecule has 3 aromatic rings. The van der Waals surface area contributed by atoms with Crippen LogP contribution in [0.5, 0.6) is 0 Å². The molecule has 0 spiro atoms. The summed E-state index contributed by atoms with van der Waals surface area (Å²) in [7, 11) is 0. The Morgan fingerprint density at radius 2 is 0.920 bits per heavy atom. The standard InChI is InChI=1S/C80H118N4O3/c1-3-5-7-9-11-13-15-17-19-21-23-25-27-29-31-33-35-40-56-82-58-42-44-69-62-67(52-54-75(69)82)74(61-65-48-49-66-50-51-71(64-72(66)60-65)77-78(80(86)87)81-84(79(77)85)73-46-38-37-39-47-73)68-53-55-76-70(63-68)45-43-59-83(76)57-41-36-34-32-30-28-26-24-22-20-18-16-14-12-10-8-6-4-2/h37-39,46-47,52-55,60-64,66H,3-36,40-45,48-51,56-59H2,1-2H3,(H,86,87)/b77-71-. The van der Waals surface area contributed by atoms with Crippen LogP contribution in [0.25, 0.3) is 5.57 Å². The molecule has 0 radical (unpaired) electrons. The fourth-order valence-corrected chi connectivity index (χ4v) is 15.0. The van der Waals surface area contributed by atoms with Crippen LogP contribution < -0.4 is 14.8 Å². The molecule has 8 rings (SSSR count). The number of para-hydroxylation sites is 1. The summed E-state index contributed by atoms with van der Waals surface area (Å²) in [5, 5.41) is 16.0. The summed E-state index contributed by atoms with van der Waals surface area (Å²) >= 11 is 0. The zero-order chi connectivity index (χ0) is 60.5. The van der Waals surface area contributed by atoms with Gasteiger partial charge in [-0.25, -0.2) is 4.79 Å². The molecule has 5 aliphatic rings. The van der Waals surface area contributed by atoms with Gasteiger partial charge in [0, 0.05) is 37.6 Å². The van der Waals surface area contributed by atoms with Gasteiger partial charge in [-0.1, -0.05) is 281 Å². The van der Waals surface area contributed by atoms with Crippen molar-refractivity contribution in [1.82, 2.24) is 0 Å². The van der Waals surface area contributed by atoms with Crippen LogP contribution >= 0.6 is 0 Å². The van der Waals surface area contributed by atoms with Gasteiger partial charge in [-0.05, 0) is 151 Å². The van der Waals surface area contributed by atoms with E-state index in [9.17, 15) is 14.7 Å². The molecular formula is C80H118N4O3. The van der Waals surface area contributed by atoms with Crippen LogP contribution in [0.2, 0.25) is 0 Å². The quantitative estimate of drug-likeness (QED) is 0.0451. The number of anilines is 3. The molecule has 0 saturated heterocycles. The Kier molecular flexibility index (Phi) is 30.4. The van der Waals surface area contributed by atoms with Crippen molar-refractivity contribution in [3.8, 4) is 0 Å². The number of carbonyl (C=O) groups excluding carboxylic acids is 1. The highest BCUT2D eigenvalue weighted by Crippen LogP contribution is 2.42. The van der Waals surface area contributed by atoms with E-state index in [-0.39, 0.29) is 17.2 Å². The van der Waals surface area contributed by atoms with Gasteiger partial charge in [0.15, 0.2) is 5.71 Å². The highest BCUT2D eigenvalue weighted by Gasteiger charge is 2.38. The molecule has 0 bridgehead atoms. The van der Waals surface area contributed by atoms with Gasteiger partial charge in [-0.2, -0.15) is 10.1 Å². The van der Waals surface area contributed by atoms with E-state index < -0.39 is 5.97 Å². The molecule has 3 aromatic carbocycles. The largest absolute Gasteiger partial charge is 0.476 e. The predicted octanol–water partition coefficient (Wildman–Crippen LogP) is 22.5. The fourth-order valence-electron chi connectivity index (χ4n) is 15.0. The normalized spacial score (nSPS) is 17.4. The molecule has 0 fully saturated rings. The van der Waals surface area contributed by atoms with Gasteiger partial charge in [-0.3, -0.25) is 4.79 Å². The molecule has 7 heteroatoms. The van der Waals surface area contributed by atoms with E-state index in [2.05, 4.69) is 83.4 Å². The Balaban J connectivity index is 0.878. The molecule has 0 aromatic heterocycles. The van der Waals surface area contributed by atoms with Crippen LogP contribution in [0, 0.1) is 5.92 Å². The van der Waals surface area contributed by atoms with E-state index in [0.29, 0.717) is 18.0 Å². The second-order valence-electron chi connectivity index (χ2n) is 27.2. The molecule has 3 aliphatic heterocycles. The SMILES string of the molecule is CCCCCCCCCCCCCCCCCCCCN1CCCc2cc(C(=CC3=CC4=C/C(=C5\C(=O)N(c6ccccc6)N=C5C(=O)O)CCC4CC3)c3ccc4c(c3)CCCN4CCCCCCCCCCCCCCCCCCCC)ccc21. The smallest absolute Gasteiger partial charge is 0.357 e. The van der Waals surface area contributed by atoms with Crippen LogP contribution in [0.15, 0.2) is 112 Å². The van der Waals surface area contributed by atoms with E-state index in [1.54, 1.807) is 12.1 Å². The maximum atomic E-state index is 14.0. The van der Waals surface area contributed by atoms with Crippen LogP contribution in [-0.4, -0.2) is 48.9 Å². The van der Waals surface area contributed by atoms with E-state index >= 15 is 0 Å². The van der Waals surface area contributed by atoms with E-state index in [0.717, 1.165) is 63.9 Å².